The molecule has 0 aliphatic rings. The van der Waals surface area contributed by atoms with Crippen molar-refractivity contribution in [1.29, 1.82) is 0 Å². The highest BCUT2D eigenvalue weighted by molar-refractivity contribution is 6.02. The Morgan fingerprint density at radius 3 is 2.00 bits per heavy atom. The second kappa shape index (κ2) is 5.85. The van der Waals surface area contributed by atoms with E-state index in [1.54, 1.807) is 13.8 Å². The first-order valence-corrected chi connectivity index (χ1v) is 5.80. The fourth-order valence-electron chi connectivity index (χ4n) is 1.81. The maximum Gasteiger partial charge on any atom is 0.146 e. The van der Waals surface area contributed by atoms with E-state index in [2.05, 4.69) is 0 Å². The maximum absolute atomic E-state index is 13.0. The predicted molar refractivity (Wildman–Crippen MR) is 64.1 cm³/mol. The van der Waals surface area contributed by atoms with Crippen molar-refractivity contribution < 1.29 is 18.4 Å². The lowest BCUT2D eigenvalue weighted by Crippen LogP contribution is -2.28. The summed E-state index contributed by atoms with van der Waals surface area (Å²) in [5, 5.41) is 0. The molecule has 18 heavy (non-hydrogen) atoms. The fourth-order valence-corrected chi connectivity index (χ4v) is 1.81. The molecule has 4 heteroatoms. The van der Waals surface area contributed by atoms with Crippen molar-refractivity contribution in [2.45, 2.75) is 27.2 Å². The molecule has 0 radical (unpaired) electrons. The summed E-state index contributed by atoms with van der Waals surface area (Å²) < 4.78 is 26.1. The minimum absolute atomic E-state index is 0.0427. The quantitative estimate of drug-likeness (QED) is 0.757. The monoisotopic (exact) mass is 254 g/mol. The molecule has 0 amide bonds. The van der Waals surface area contributed by atoms with Crippen molar-refractivity contribution in [2.75, 3.05) is 0 Å². The summed E-state index contributed by atoms with van der Waals surface area (Å²) in [6.45, 7) is 4.72. The first kappa shape index (κ1) is 14.5. The number of rotatable bonds is 5. The van der Waals surface area contributed by atoms with E-state index in [-0.39, 0.29) is 23.9 Å². The van der Waals surface area contributed by atoms with Crippen molar-refractivity contribution in [3.8, 4) is 0 Å². The number of ketones is 2. The molecule has 0 saturated heterocycles. The number of hydrogen-bond acceptors (Lipinski definition) is 2. The van der Waals surface area contributed by atoms with Crippen LogP contribution < -0.4 is 0 Å². The van der Waals surface area contributed by atoms with Gasteiger partial charge in [-0.05, 0) is 31.0 Å². The van der Waals surface area contributed by atoms with Gasteiger partial charge in [-0.3, -0.25) is 9.59 Å². The molecule has 0 aliphatic heterocycles. The van der Waals surface area contributed by atoms with Gasteiger partial charge in [0.2, 0.25) is 0 Å². The van der Waals surface area contributed by atoms with Crippen molar-refractivity contribution in [2.24, 2.45) is 11.8 Å². The van der Waals surface area contributed by atoms with Crippen LogP contribution >= 0.6 is 0 Å². The van der Waals surface area contributed by atoms with Crippen LogP contribution in [0, 0.1) is 23.5 Å². The summed E-state index contributed by atoms with van der Waals surface area (Å²) in [6, 6.07) is 3.05. The molecule has 0 heterocycles. The van der Waals surface area contributed by atoms with E-state index < -0.39 is 17.6 Å². The van der Waals surface area contributed by atoms with Crippen LogP contribution in [0.25, 0.3) is 0 Å². The van der Waals surface area contributed by atoms with Crippen LogP contribution in [-0.4, -0.2) is 11.6 Å². The molecule has 0 fully saturated rings. The summed E-state index contributed by atoms with van der Waals surface area (Å²) in [5.74, 6) is -3.00. The highest BCUT2D eigenvalue weighted by Crippen LogP contribution is 2.17. The van der Waals surface area contributed by atoms with Gasteiger partial charge in [0.15, 0.2) is 0 Å². The second-order valence-corrected chi connectivity index (χ2v) is 4.70. The molecule has 0 bridgehead atoms. The highest BCUT2D eigenvalue weighted by Gasteiger charge is 2.25. The van der Waals surface area contributed by atoms with Crippen LogP contribution in [0.2, 0.25) is 0 Å². The van der Waals surface area contributed by atoms with E-state index in [0.29, 0.717) is 5.56 Å². The zero-order valence-electron chi connectivity index (χ0n) is 10.7. The van der Waals surface area contributed by atoms with E-state index in [1.807, 2.05) is 0 Å². The Labute approximate surface area is 105 Å². The summed E-state index contributed by atoms with van der Waals surface area (Å²) in [6.07, 6.45) is 0.0427. The van der Waals surface area contributed by atoms with Gasteiger partial charge in [-0.15, -0.1) is 0 Å². The van der Waals surface area contributed by atoms with Crippen LogP contribution in [0.15, 0.2) is 18.2 Å². The van der Waals surface area contributed by atoms with Gasteiger partial charge in [0.25, 0.3) is 0 Å². The molecule has 0 aliphatic carbocycles. The van der Waals surface area contributed by atoms with Crippen LogP contribution in [-0.2, 0) is 16.0 Å². The number of carbonyl (C=O) groups is 2. The van der Waals surface area contributed by atoms with Crippen molar-refractivity contribution in [1.82, 2.24) is 0 Å². The Hall–Kier alpha value is -1.58. The van der Waals surface area contributed by atoms with Crippen molar-refractivity contribution >= 4 is 11.6 Å². The molecule has 1 atom stereocenters. The maximum atomic E-state index is 13.0. The van der Waals surface area contributed by atoms with E-state index in [1.165, 1.54) is 6.92 Å². The number of carbonyl (C=O) groups excluding carboxylic acids is 2. The van der Waals surface area contributed by atoms with Crippen LogP contribution in [0.5, 0.6) is 0 Å². The molecule has 1 rings (SSSR count). The normalized spacial score (nSPS) is 12.6. The SMILES string of the molecule is CC(=O)C(Cc1cc(F)cc(F)c1)C(=O)C(C)C. The number of benzene rings is 1. The van der Waals surface area contributed by atoms with Crippen LogP contribution in [0.4, 0.5) is 8.78 Å². The molecule has 0 spiro atoms. The Morgan fingerprint density at radius 1 is 1.11 bits per heavy atom. The van der Waals surface area contributed by atoms with Crippen LogP contribution in [0.1, 0.15) is 26.3 Å². The molecule has 2 nitrogen and oxygen atoms in total. The lowest BCUT2D eigenvalue weighted by Gasteiger charge is -2.15. The molecule has 0 saturated carbocycles. The number of Topliss-reactive ketones (excluding diaryl/α,β-unsaturated/α-hetero) is 2. The summed E-state index contributed by atoms with van der Waals surface area (Å²) >= 11 is 0. The largest absolute Gasteiger partial charge is 0.299 e. The van der Waals surface area contributed by atoms with Gasteiger partial charge in [0.1, 0.15) is 23.2 Å². The Balaban J connectivity index is 2.97. The topological polar surface area (TPSA) is 34.1 Å². The smallest absolute Gasteiger partial charge is 0.146 e. The van der Waals surface area contributed by atoms with Gasteiger partial charge in [-0.2, -0.15) is 0 Å². The third kappa shape index (κ3) is 3.72. The highest BCUT2D eigenvalue weighted by atomic mass is 19.1. The standard InChI is InChI=1S/C14H16F2O2/c1-8(2)14(18)13(9(3)17)6-10-4-11(15)7-12(16)5-10/h4-5,7-8,13H,6H2,1-3H3. The lowest BCUT2D eigenvalue weighted by molar-refractivity contribution is -0.133. The lowest BCUT2D eigenvalue weighted by atomic mass is 9.87. The molecule has 1 aromatic carbocycles. The first-order chi connectivity index (χ1) is 8.31. The third-order valence-corrected chi connectivity index (χ3v) is 2.77. The Kier molecular flexibility index (Phi) is 4.70. The fraction of sp³-hybridized carbons (Fsp3) is 0.429. The molecule has 1 aromatic rings. The van der Waals surface area contributed by atoms with E-state index >= 15 is 0 Å². The summed E-state index contributed by atoms with van der Waals surface area (Å²) in [4.78, 5) is 23.3. The first-order valence-electron chi connectivity index (χ1n) is 5.80. The Morgan fingerprint density at radius 2 is 1.61 bits per heavy atom. The molecule has 1 unspecified atom stereocenters. The summed E-state index contributed by atoms with van der Waals surface area (Å²) in [7, 11) is 0. The summed E-state index contributed by atoms with van der Waals surface area (Å²) in [5.41, 5.74) is 0.321. The van der Waals surface area contributed by atoms with Gasteiger partial charge < -0.3 is 0 Å². The third-order valence-electron chi connectivity index (χ3n) is 2.77. The van der Waals surface area contributed by atoms with E-state index in [4.69, 9.17) is 0 Å². The second-order valence-electron chi connectivity index (χ2n) is 4.70. The number of halogens is 2. The molecule has 98 valence electrons. The van der Waals surface area contributed by atoms with Crippen molar-refractivity contribution in [3.05, 3.63) is 35.4 Å². The van der Waals surface area contributed by atoms with Gasteiger partial charge in [0, 0.05) is 12.0 Å². The zero-order chi connectivity index (χ0) is 13.9. The molecular formula is C14H16F2O2. The van der Waals surface area contributed by atoms with E-state index in [9.17, 15) is 18.4 Å². The minimum atomic E-state index is -0.828. The molecular weight excluding hydrogens is 238 g/mol. The minimum Gasteiger partial charge on any atom is -0.299 e. The molecule has 0 N–H and O–H groups in total. The predicted octanol–water partition coefficient (Wildman–Crippen LogP) is 2.94. The average molecular weight is 254 g/mol. The van der Waals surface area contributed by atoms with Gasteiger partial charge in [-0.1, -0.05) is 13.8 Å². The zero-order valence-corrected chi connectivity index (χ0v) is 10.7. The molecule has 0 aromatic heterocycles. The average Bonchev–Trinajstić information content (AvgIpc) is 2.23. The van der Waals surface area contributed by atoms with Gasteiger partial charge in [-0.25, -0.2) is 8.78 Å². The Bertz CT molecular complexity index is 447. The van der Waals surface area contributed by atoms with Gasteiger partial charge in [0.05, 0.1) is 5.92 Å². The van der Waals surface area contributed by atoms with Gasteiger partial charge >= 0.3 is 0 Å². The van der Waals surface area contributed by atoms with Crippen molar-refractivity contribution in [3.63, 3.8) is 0 Å². The number of hydrogen-bond donors (Lipinski definition) is 0. The van der Waals surface area contributed by atoms with E-state index in [0.717, 1.165) is 18.2 Å². The van der Waals surface area contributed by atoms with Crippen LogP contribution in [0.3, 0.4) is 0 Å².